The molecule has 2 aromatic carbocycles. The van der Waals surface area contributed by atoms with Crippen LogP contribution in [0.15, 0.2) is 65.4 Å². The lowest BCUT2D eigenvalue weighted by Crippen LogP contribution is -2.56. The minimum Gasteiger partial charge on any atom is -0.478 e. The van der Waals surface area contributed by atoms with Crippen LogP contribution in [0, 0.1) is 5.92 Å². The maximum absolute atomic E-state index is 14.0. The molecule has 1 N–H and O–H groups in total. The van der Waals surface area contributed by atoms with Crippen molar-refractivity contribution in [1.82, 2.24) is 14.7 Å². The van der Waals surface area contributed by atoms with Crippen molar-refractivity contribution < 1.29 is 24.2 Å². The summed E-state index contributed by atoms with van der Waals surface area (Å²) in [5, 5.41) is 13.5. The molecule has 3 aliphatic rings. The first-order valence-corrected chi connectivity index (χ1v) is 16.9. The Morgan fingerprint density at radius 2 is 1.67 bits per heavy atom. The average molecular weight is 631 g/mol. The van der Waals surface area contributed by atoms with Crippen LogP contribution in [-0.2, 0) is 16.1 Å². The number of amides is 3. The van der Waals surface area contributed by atoms with Crippen molar-refractivity contribution in [2.75, 3.05) is 44.2 Å². The highest BCUT2D eigenvalue weighted by atomic mass is 32.1. The highest BCUT2D eigenvalue weighted by molar-refractivity contribution is 7.08. The van der Waals surface area contributed by atoms with Crippen molar-refractivity contribution in [3.8, 4) is 16.9 Å². The Hall–Kier alpha value is -4.05. The second kappa shape index (κ2) is 13.1. The summed E-state index contributed by atoms with van der Waals surface area (Å²) < 4.78 is 6.25. The molecule has 2 aliphatic heterocycles. The van der Waals surface area contributed by atoms with Gasteiger partial charge in [0.05, 0.1) is 5.92 Å². The van der Waals surface area contributed by atoms with Gasteiger partial charge < -0.3 is 29.4 Å². The number of carboxylic acid groups (broad SMARTS) is 1. The van der Waals surface area contributed by atoms with E-state index in [9.17, 15) is 19.5 Å². The number of anilines is 1. The van der Waals surface area contributed by atoms with Crippen LogP contribution in [0.5, 0.6) is 5.75 Å². The van der Waals surface area contributed by atoms with Gasteiger partial charge in [-0.3, -0.25) is 9.59 Å². The number of piperazine rings is 1. The fourth-order valence-electron chi connectivity index (χ4n) is 6.41. The van der Waals surface area contributed by atoms with Crippen LogP contribution in [0.25, 0.3) is 11.1 Å². The Morgan fingerprint density at radius 1 is 0.933 bits per heavy atom. The van der Waals surface area contributed by atoms with Gasteiger partial charge in [-0.15, -0.1) is 0 Å². The molecule has 1 saturated carbocycles. The zero-order valence-corrected chi connectivity index (χ0v) is 26.9. The number of ether oxygens (including phenoxy) is 1. The minimum atomic E-state index is -1.11. The number of hydrogen-bond donors (Lipinski definition) is 1. The van der Waals surface area contributed by atoms with Crippen LogP contribution in [0.3, 0.4) is 0 Å². The lowest BCUT2D eigenvalue weighted by molar-refractivity contribution is -0.147. The van der Waals surface area contributed by atoms with Crippen molar-refractivity contribution in [3.05, 3.63) is 70.9 Å². The van der Waals surface area contributed by atoms with E-state index in [1.807, 2.05) is 24.3 Å². The molecule has 3 aromatic rings. The van der Waals surface area contributed by atoms with Crippen molar-refractivity contribution in [2.45, 2.75) is 57.7 Å². The van der Waals surface area contributed by atoms with Gasteiger partial charge in [0.1, 0.15) is 5.75 Å². The predicted molar refractivity (Wildman–Crippen MR) is 176 cm³/mol. The molecule has 0 spiro atoms. The monoisotopic (exact) mass is 630 g/mol. The third-order valence-corrected chi connectivity index (χ3v) is 9.79. The molecule has 6 rings (SSSR count). The summed E-state index contributed by atoms with van der Waals surface area (Å²) in [4.78, 5) is 45.9. The number of thiophene rings is 1. The van der Waals surface area contributed by atoms with Gasteiger partial charge in [-0.05, 0) is 85.2 Å². The Kier molecular flexibility index (Phi) is 9.03. The lowest BCUT2D eigenvalue weighted by Gasteiger charge is -2.38. The van der Waals surface area contributed by atoms with Crippen LogP contribution in [0.2, 0.25) is 0 Å². The van der Waals surface area contributed by atoms with Gasteiger partial charge in [0.25, 0.3) is 5.91 Å². The van der Waals surface area contributed by atoms with E-state index in [1.165, 1.54) is 16.0 Å². The second-order valence-electron chi connectivity index (χ2n) is 12.9. The molecule has 0 bridgehead atoms. The SMILES string of the molecule is CC(C)(Oc1cccc(N2CCC[C@@H](C(=O)N(Cc3ccc(-c4ccsc4)cc3)C3CC3)C2)c1)C(=O)N1CCN(C(=O)O)CC1. The highest BCUT2D eigenvalue weighted by Crippen LogP contribution is 2.34. The van der Waals surface area contributed by atoms with Gasteiger partial charge in [0.15, 0.2) is 5.60 Å². The molecule has 1 aromatic heterocycles. The van der Waals surface area contributed by atoms with Gasteiger partial charge in [0.2, 0.25) is 5.91 Å². The molecule has 0 unspecified atom stereocenters. The molecule has 1 atom stereocenters. The molecule has 1 aliphatic carbocycles. The van der Waals surface area contributed by atoms with Crippen LogP contribution < -0.4 is 9.64 Å². The first kappa shape index (κ1) is 31.0. The highest BCUT2D eigenvalue weighted by Gasteiger charge is 2.38. The van der Waals surface area contributed by atoms with E-state index in [-0.39, 0.29) is 17.7 Å². The van der Waals surface area contributed by atoms with Crippen molar-refractivity contribution in [2.24, 2.45) is 5.92 Å². The molecule has 3 amide bonds. The Balaban J connectivity index is 1.08. The topological polar surface area (TPSA) is 93.6 Å². The summed E-state index contributed by atoms with van der Waals surface area (Å²) in [7, 11) is 0. The first-order valence-electron chi connectivity index (χ1n) is 15.9. The molecule has 3 heterocycles. The smallest absolute Gasteiger partial charge is 0.407 e. The Bertz CT molecular complexity index is 1500. The zero-order valence-electron chi connectivity index (χ0n) is 26.1. The summed E-state index contributed by atoms with van der Waals surface area (Å²) in [5.41, 5.74) is 3.45. The third-order valence-electron chi connectivity index (χ3n) is 9.11. The van der Waals surface area contributed by atoms with Crippen LogP contribution in [-0.4, -0.2) is 88.6 Å². The summed E-state index contributed by atoms with van der Waals surface area (Å²) >= 11 is 1.69. The summed E-state index contributed by atoms with van der Waals surface area (Å²) in [6.45, 7) is 6.94. The standard InChI is InChI=1S/C35H42N4O5S/c1-35(2,33(41)36-16-18-37(19-17-36)34(42)43)44-31-7-3-6-30(21-31)38-15-4-5-27(23-38)32(40)39(29-12-13-29)22-25-8-10-26(11-9-25)28-14-20-45-24-28/h3,6-11,14,20-21,24,27,29H,4-5,12-13,15-19,22-23H2,1-2H3,(H,42,43)/t27-/m1/s1. The van der Waals surface area contributed by atoms with Gasteiger partial charge in [-0.2, -0.15) is 11.3 Å². The van der Waals surface area contributed by atoms with E-state index in [0.717, 1.165) is 43.5 Å². The van der Waals surface area contributed by atoms with Crippen LogP contribution in [0.1, 0.15) is 45.1 Å². The molecular weight excluding hydrogens is 588 g/mol. The van der Waals surface area contributed by atoms with Gasteiger partial charge in [0, 0.05) is 63.6 Å². The number of carbonyl (C=O) groups excluding carboxylic acids is 2. The molecule has 238 valence electrons. The minimum absolute atomic E-state index is 0.0727. The molecule has 0 radical (unpaired) electrons. The summed E-state index contributed by atoms with van der Waals surface area (Å²) in [5.74, 6) is 0.597. The fraction of sp³-hybridized carbons (Fsp3) is 0.457. The number of hydrogen-bond acceptors (Lipinski definition) is 6. The number of rotatable bonds is 9. The van der Waals surface area contributed by atoms with Crippen molar-refractivity contribution in [3.63, 3.8) is 0 Å². The average Bonchev–Trinajstić information content (AvgIpc) is 3.75. The molecule has 10 heteroatoms. The Labute approximate surface area is 269 Å². The van der Waals surface area contributed by atoms with Crippen molar-refractivity contribution in [1.29, 1.82) is 0 Å². The van der Waals surface area contributed by atoms with Crippen LogP contribution in [0.4, 0.5) is 10.5 Å². The second-order valence-corrected chi connectivity index (χ2v) is 13.6. The number of benzene rings is 2. The quantitative estimate of drug-likeness (QED) is 0.321. The largest absolute Gasteiger partial charge is 0.478 e. The van der Waals surface area contributed by atoms with Gasteiger partial charge >= 0.3 is 6.09 Å². The normalized spacial score (nSPS) is 18.9. The molecule has 9 nitrogen and oxygen atoms in total. The van der Waals surface area contributed by atoms with E-state index < -0.39 is 11.7 Å². The summed E-state index contributed by atoms with van der Waals surface area (Å²) in [6.07, 6.45) is 2.98. The summed E-state index contributed by atoms with van der Waals surface area (Å²) in [6, 6.07) is 18.8. The van der Waals surface area contributed by atoms with Gasteiger partial charge in [-0.25, -0.2) is 4.79 Å². The predicted octanol–water partition coefficient (Wildman–Crippen LogP) is 5.80. The van der Waals surface area contributed by atoms with Gasteiger partial charge in [-0.1, -0.05) is 30.3 Å². The molecule has 3 fully saturated rings. The Morgan fingerprint density at radius 3 is 2.33 bits per heavy atom. The van der Waals surface area contributed by atoms with Crippen LogP contribution >= 0.6 is 11.3 Å². The van der Waals surface area contributed by atoms with E-state index in [1.54, 1.807) is 30.1 Å². The molecule has 2 saturated heterocycles. The fourth-order valence-corrected chi connectivity index (χ4v) is 7.08. The number of nitrogens with zero attached hydrogens (tertiary/aromatic N) is 4. The maximum Gasteiger partial charge on any atom is 0.407 e. The zero-order chi connectivity index (χ0) is 31.6. The van der Waals surface area contributed by atoms with E-state index in [2.05, 4.69) is 50.9 Å². The van der Waals surface area contributed by atoms with E-state index in [0.29, 0.717) is 51.1 Å². The van der Waals surface area contributed by atoms with Crippen molar-refractivity contribution >= 4 is 34.9 Å². The van der Waals surface area contributed by atoms with E-state index >= 15 is 0 Å². The third kappa shape index (κ3) is 7.27. The molecule has 45 heavy (non-hydrogen) atoms. The lowest BCUT2D eigenvalue weighted by atomic mass is 9.95. The maximum atomic E-state index is 14.0. The number of carbonyl (C=O) groups is 3. The first-order chi connectivity index (χ1) is 21.7. The molecular formula is C35H42N4O5S. The van der Waals surface area contributed by atoms with E-state index in [4.69, 9.17) is 4.74 Å². The number of piperidine rings is 1.